The number of amides is 1. The molecule has 1 aromatic rings. The highest BCUT2D eigenvalue weighted by molar-refractivity contribution is 6.17. The van der Waals surface area contributed by atoms with E-state index in [9.17, 15) is 9.90 Å². The van der Waals surface area contributed by atoms with Crippen LogP contribution in [0.1, 0.15) is 22.8 Å². The fourth-order valence-electron chi connectivity index (χ4n) is 2.28. The average molecular weight is 284 g/mol. The Kier molecular flexibility index (Phi) is 4.80. The van der Waals surface area contributed by atoms with Crippen molar-refractivity contribution in [3.05, 3.63) is 35.4 Å². The van der Waals surface area contributed by atoms with Crippen molar-refractivity contribution in [2.45, 2.75) is 25.0 Å². The maximum absolute atomic E-state index is 12.4. The molecule has 0 radical (unpaired) electrons. The fourth-order valence-corrected chi connectivity index (χ4v) is 2.45. The van der Waals surface area contributed by atoms with Crippen molar-refractivity contribution < 1.29 is 14.6 Å². The van der Waals surface area contributed by atoms with Crippen molar-refractivity contribution in [2.75, 3.05) is 19.7 Å². The molecule has 0 aliphatic carbocycles. The molecule has 0 aromatic heterocycles. The summed E-state index contributed by atoms with van der Waals surface area (Å²) in [7, 11) is 0. The van der Waals surface area contributed by atoms with Gasteiger partial charge in [-0.2, -0.15) is 0 Å². The van der Waals surface area contributed by atoms with E-state index < -0.39 is 0 Å². The lowest BCUT2D eigenvalue weighted by molar-refractivity contribution is -0.0858. The van der Waals surface area contributed by atoms with Gasteiger partial charge in [-0.15, -0.1) is 11.6 Å². The molecule has 1 amide bonds. The number of hydrogen-bond donors (Lipinski definition) is 1. The number of hydrogen-bond acceptors (Lipinski definition) is 3. The summed E-state index contributed by atoms with van der Waals surface area (Å²) in [6.45, 7) is 2.79. The number of alkyl halides is 1. The SMILES string of the molecule is CC1CN(C(=O)c2cccc(CCl)c2)CC(CO)O1. The normalized spacial score (nSPS) is 23.4. The summed E-state index contributed by atoms with van der Waals surface area (Å²) < 4.78 is 5.53. The van der Waals surface area contributed by atoms with Crippen molar-refractivity contribution in [3.8, 4) is 0 Å². The highest BCUT2D eigenvalue weighted by atomic mass is 35.5. The summed E-state index contributed by atoms with van der Waals surface area (Å²) in [5.41, 5.74) is 1.55. The van der Waals surface area contributed by atoms with E-state index in [1.165, 1.54) is 0 Å². The lowest BCUT2D eigenvalue weighted by Crippen LogP contribution is -2.50. The predicted octanol–water partition coefficient (Wildman–Crippen LogP) is 1.65. The molecule has 1 aliphatic rings. The predicted molar refractivity (Wildman–Crippen MR) is 73.3 cm³/mol. The number of nitrogens with zero attached hydrogens (tertiary/aromatic N) is 1. The van der Waals surface area contributed by atoms with Gasteiger partial charge < -0.3 is 14.7 Å². The molecule has 0 saturated carbocycles. The molecule has 1 saturated heterocycles. The van der Waals surface area contributed by atoms with Gasteiger partial charge in [0.15, 0.2) is 0 Å². The molecule has 2 unspecified atom stereocenters. The molecule has 2 atom stereocenters. The molecule has 2 rings (SSSR count). The van der Waals surface area contributed by atoms with E-state index in [1.807, 2.05) is 25.1 Å². The Morgan fingerprint density at radius 1 is 1.53 bits per heavy atom. The van der Waals surface area contributed by atoms with Gasteiger partial charge in [-0.25, -0.2) is 0 Å². The lowest BCUT2D eigenvalue weighted by atomic mass is 10.1. The van der Waals surface area contributed by atoms with E-state index in [1.54, 1.807) is 11.0 Å². The zero-order valence-electron chi connectivity index (χ0n) is 10.9. The van der Waals surface area contributed by atoms with Gasteiger partial charge in [0.25, 0.3) is 5.91 Å². The van der Waals surface area contributed by atoms with Crippen molar-refractivity contribution in [1.82, 2.24) is 4.90 Å². The standard InChI is InChI=1S/C14H18ClNO3/c1-10-7-16(8-13(9-17)19-10)14(18)12-4-2-3-11(5-12)6-15/h2-5,10,13,17H,6-9H2,1H3. The van der Waals surface area contributed by atoms with Crippen LogP contribution >= 0.6 is 11.6 Å². The van der Waals surface area contributed by atoms with E-state index in [0.29, 0.717) is 24.5 Å². The fraction of sp³-hybridized carbons (Fsp3) is 0.500. The minimum atomic E-state index is -0.302. The number of aliphatic hydroxyl groups is 1. The largest absolute Gasteiger partial charge is 0.394 e. The summed E-state index contributed by atoms with van der Waals surface area (Å²) >= 11 is 5.78. The van der Waals surface area contributed by atoms with E-state index in [4.69, 9.17) is 16.3 Å². The van der Waals surface area contributed by atoms with Crippen molar-refractivity contribution in [3.63, 3.8) is 0 Å². The minimum absolute atomic E-state index is 0.0411. The summed E-state index contributed by atoms with van der Waals surface area (Å²) in [5, 5.41) is 9.18. The molecule has 0 spiro atoms. The van der Waals surface area contributed by atoms with E-state index >= 15 is 0 Å². The number of ether oxygens (including phenoxy) is 1. The second-order valence-corrected chi connectivity index (χ2v) is 5.06. The summed E-state index contributed by atoms with van der Waals surface area (Å²) in [5.74, 6) is 0.348. The molecule has 4 nitrogen and oxygen atoms in total. The first-order valence-corrected chi connectivity index (χ1v) is 6.88. The quantitative estimate of drug-likeness (QED) is 0.858. The smallest absolute Gasteiger partial charge is 0.254 e. The van der Waals surface area contributed by atoms with Gasteiger partial charge in [0, 0.05) is 24.5 Å². The Balaban J connectivity index is 2.13. The number of carbonyl (C=O) groups is 1. The first-order valence-electron chi connectivity index (χ1n) is 6.34. The van der Waals surface area contributed by atoms with Gasteiger partial charge in [0.1, 0.15) is 0 Å². The van der Waals surface area contributed by atoms with E-state index in [2.05, 4.69) is 0 Å². The first kappa shape index (κ1) is 14.3. The number of carbonyl (C=O) groups excluding carboxylic acids is 1. The van der Waals surface area contributed by atoms with Crippen LogP contribution < -0.4 is 0 Å². The number of benzene rings is 1. The van der Waals surface area contributed by atoms with Crippen molar-refractivity contribution >= 4 is 17.5 Å². The Morgan fingerprint density at radius 2 is 2.32 bits per heavy atom. The monoisotopic (exact) mass is 283 g/mol. The summed E-state index contributed by atoms with van der Waals surface area (Å²) in [6.07, 6.45) is -0.366. The minimum Gasteiger partial charge on any atom is -0.394 e. The van der Waals surface area contributed by atoms with Gasteiger partial charge in [0.2, 0.25) is 0 Å². The van der Waals surface area contributed by atoms with Crippen LogP contribution in [0.3, 0.4) is 0 Å². The van der Waals surface area contributed by atoms with E-state index in [0.717, 1.165) is 5.56 Å². The van der Waals surface area contributed by atoms with Crippen LogP contribution in [-0.2, 0) is 10.6 Å². The Bertz CT molecular complexity index is 452. The van der Waals surface area contributed by atoms with Crippen LogP contribution in [0.4, 0.5) is 0 Å². The lowest BCUT2D eigenvalue weighted by Gasteiger charge is -2.36. The molecule has 1 N–H and O–H groups in total. The number of morpholine rings is 1. The second kappa shape index (κ2) is 6.37. The van der Waals surface area contributed by atoms with Crippen LogP contribution in [0.15, 0.2) is 24.3 Å². The highest BCUT2D eigenvalue weighted by Crippen LogP contribution is 2.16. The van der Waals surface area contributed by atoms with Crippen molar-refractivity contribution in [1.29, 1.82) is 0 Å². The number of halogens is 1. The van der Waals surface area contributed by atoms with Crippen LogP contribution in [0.5, 0.6) is 0 Å². The first-order chi connectivity index (χ1) is 9.13. The maximum atomic E-state index is 12.4. The zero-order chi connectivity index (χ0) is 13.8. The molecule has 19 heavy (non-hydrogen) atoms. The van der Waals surface area contributed by atoms with Gasteiger partial charge in [-0.3, -0.25) is 4.79 Å². The van der Waals surface area contributed by atoms with Crippen LogP contribution in [0.2, 0.25) is 0 Å². The molecule has 1 aromatic carbocycles. The van der Waals surface area contributed by atoms with Crippen LogP contribution in [-0.4, -0.2) is 47.8 Å². The average Bonchev–Trinajstić information content (AvgIpc) is 2.45. The number of aliphatic hydroxyl groups excluding tert-OH is 1. The molecule has 1 aliphatic heterocycles. The molecular weight excluding hydrogens is 266 g/mol. The summed E-state index contributed by atoms with van der Waals surface area (Å²) in [6, 6.07) is 7.32. The van der Waals surface area contributed by atoms with Crippen LogP contribution in [0.25, 0.3) is 0 Å². The van der Waals surface area contributed by atoms with Crippen molar-refractivity contribution in [2.24, 2.45) is 0 Å². The molecule has 0 bridgehead atoms. The number of rotatable bonds is 3. The molecular formula is C14H18ClNO3. The van der Waals surface area contributed by atoms with Crippen LogP contribution in [0, 0.1) is 0 Å². The summed E-state index contributed by atoms with van der Waals surface area (Å²) in [4.78, 5) is 14.1. The maximum Gasteiger partial charge on any atom is 0.254 e. The molecule has 104 valence electrons. The van der Waals surface area contributed by atoms with Gasteiger partial charge in [0.05, 0.1) is 18.8 Å². The molecule has 1 fully saturated rings. The second-order valence-electron chi connectivity index (χ2n) is 4.80. The van der Waals surface area contributed by atoms with E-state index in [-0.39, 0.29) is 24.7 Å². The van der Waals surface area contributed by atoms with Gasteiger partial charge in [-0.05, 0) is 24.6 Å². The molecule has 5 heteroatoms. The van der Waals surface area contributed by atoms with Gasteiger partial charge >= 0.3 is 0 Å². The third-order valence-corrected chi connectivity index (χ3v) is 3.45. The highest BCUT2D eigenvalue weighted by Gasteiger charge is 2.28. The Labute approximate surface area is 117 Å². The Hall–Kier alpha value is -1.10. The third kappa shape index (κ3) is 3.47. The Morgan fingerprint density at radius 3 is 3.00 bits per heavy atom. The topological polar surface area (TPSA) is 49.8 Å². The zero-order valence-corrected chi connectivity index (χ0v) is 11.6. The van der Waals surface area contributed by atoms with Gasteiger partial charge in [-0.1, -0.05) is 12.1 Å². The molecule has 1 heterocycles. The third-order valence-electron chi connectivity index (χ3n) is 3.15.